The molecule has 28 heavy (non-hydrogen) atoms. The van der Waals surface area contributed by atoms with Crippen LogP contribution in [0.3, 0.4) is 0 Å². The molecule has 0 bridgehead atoms. The molecule has 6 nitrogen and oxygen atoms in total. The highest BCUT2D eigenvalue weighted by Crippen LogP contribution is 2.20. The lowest BCUT2D eigenvalue weighted by atomic mass is 10.1. The molecule has 0 spiro atoms. The lowest BCUT2D eigenvalue weighted by Crippen LogP contribution is -2.00. The van der Waals surface area contributed by atoms with Gasteiger partial charge in [-0.25, -0.2) is 9.78 Å². The van der Waals surface area contributed by atoms with Gasteiger partial charge < -0.3 is 14.9 Å². The molecular formula is C22H17NO5. The second-order valence-corrected chi connectivity index (χ2v) is 5.94. The van der Waals surface area contributed by atoms with Crippen LogP contribution in [0.1, 0.15) is 31.8 Å². The zero-order valence-electron chi connectivity index (χ0n) is 14.8. The number of ketones is 1. The van der Waals surface area contributed by atoms with Gasteiger partial charge in [-0.3, -0.25) is 4.79 Å². The maximum atomic E-state index is 12.3. The van der Waals surface area contributed by atoms with E-state index < -0.39 is 5.97 Å². The number of aromatic carboxylic acids is 1. The number of benzene rings is 2. The van der Waals surface area contributed by atoms with Crippen molar-refractivity contribution in [2.24, 2.45) is 0 Å². The second-order valence-electron chi connectivity index (χ2n) is 5.94. The Hall–Kier alpha value is -3.93. The maximum absolute atomic E-state index is 12.3. The molecule has 1 heterocycles. The Labute approximate surface area is 161 Å². The minimum Gasteiger partial charge on any atom is -0.507 e. The van der Waals surface area contributed by atoms with Crippen molar-refractivity contribution in [1.29, 1.82) is 0 Å². The number of pyridine rings is 1. The average Bonchev–Trinajstić information content (AvgIpc) is 2.72. The Kier molecular flexibility index (Phi) is 5.81. The topological polar surface area (TPSA) is 96.7 Å². The first-order valence-electron chi connectivity index (χ1n) is 8.44. The van der Waals surface area contributed by atoms with Crippen LogP contribution in [0.4, 0.5) is 0 Å². The Balaban J connectivity index is 1.65. The molecule has 0 fully saturated rings. The number of phenolic OH excluding ortho intramolecular Hbond substituents is 1. The molecule has 6 heteroatoms. The van der Waals surface area contributed by atoms with Crippen LogP contribution in [0.2, 0.25) is 0 Å². The van der Waals surface area contributed by atoms with Crippen molar-refractivity contribution in [3.8, 4) is 11.6 Å². The van der Waals surface area contributed by atoms with Crippen molar-refractivity contribution < 1.29 is 24.5 Å². The first kappa shape index (κ1) is 18.8. The van der Waals surface area contributed by atoms with Crippen molar-refractivity contribution in [2.45, 2.75) is 6.61 Å². The lowest BCUT2D eigenvalue weighted by molar-refractivity contribution is 0.0696. The number of phenols is 1. The summed E-state index contributed by atoms with van der Waals surface area (Å²) in [5, 5.41) is 18.8. The zero-order valence-corrected chi connectivity index (χ0v) is 14.8. The van der Waals surface area contributed by atoms with Crippen LogP contribution < -0.4 is 4.74 Å². The number of hydrogen-bond acceptors (Lipinski definition) is 5. The van der Waals surface area contributed by atoms with Crippen molar-refractivity contribution in [3.63, 3.8) is 0 Å². The van der Waals surface area contributed by atoms with Gasteiger partial charge in [0.15, 0.2) is 5.78 Å². The highest BCUT2D eigenvalue weighted by molar-refractivity contribution is 6.06. The Morgan fingerprint density at radius 3 is 2.43 bits per heavy atom. The van der Waals surface area contributed by atoms with E-state index in [9.17, 15) is 14.7 Å². The van der Waals surface area contributed by atoms with Crippen LogP contribution in [0.25, 0.3) is 6.08 Å². The highest BCUT2D eigenvalue weighted by Gasteiger charge is 2.08. The van der Waals surface area contributed by atoms with Gasteiger partial charge in [-0.05, 0) is 42.0 Å². The fraction of sp³-hybridized carbons (Fsp3) is 0.0455. The molecule has 0 unspecified atom stereocenters. The van der Waals surface area contributed by atoms with E-state index in [1.165, 1.54) is 36.5 Å². The van der Waals surface area contributed by atoms with Gasteiger partial charge >= 0.3 is 5.97 Å². The second kappa shape index (κ2) is 8.64. The van der Waals surface area contributed by atoms with E-state index in [1.54, 1.807) is 12.1 Å². The Bertz CT molecular complexity index is 1010. The van der Waals surface area contributed by atoms with Crippen molar-refractivity contribution in [2.75, 3.05) is 0 Å². The van der Waals surface area contributed by atoms with Crippen LogP contribution in [0.5, 0.6) is 11.6 Å². The molecule has 0 saturated carbocycles. The summed E-state index contributed by atoms with van der Waals surface area (Å²) < 4.78 is 5.58. The number of allylic oxidation sites excluding steroid dienone is 1. The molecule has 3 aromatic rings. The monoisotopic (exact) mass is 375 g/mol. The third-order valence-electron chi connectivity index (χ3n) is 3.94. The fourth-order valence-corrected chi connectivity index (χ4v) is 2.43. The van der Waals surface area contributed by atoms with E-state index in [0.29, 0.717) is 18.1 Å². The van der Waals surface area contributed by atoms with Gasteiger partial charge in [0.05, 0.1) is 5.56 Å². The van der Waals surface area contributed by atoms with Crippen LogP contribution in [-0.4, -0.2) is 26.9 Å². The quantitative estimate of drug-likeness (QED) is 0.479. The fourth-order valence-electron chi connectivity index (χ4n) is 2.43. The van der Waals surface area contributed by atoms with Crippen LogP contribution in [-0.2, 0) is 6.61 Å². The summed E-state index contributed by atoms with van der Waals surface area (Å²) in [5.74, 6) is -1.16. The lowest BCUT2D eigenvalue weighted by Gasteiger charge is -2.05. The van der Waals surface area contributed by atoms with E-state index in [0.717, 1.165) is 5.56 Å². The summed E-state index contributed by atoms with van der Waals surface area (Å²) in [5.41, 5.74) is 1.61. The molecule has 0 aliphatic heterocycles. The number of hydrogen-bond donors (Lipinski definition) is 2. The third kappa shape index (κ3) is 4.82. The normalized spacial score (nSPS) is 10.7. The summed E-state index contributed by atoms with van der Waals surface area (Å²) in [6, 6.07) is 16.7. The van der Waals surface area contributed by atoms with E-state index >= 15 is 0 Å². The van der Waals surface area contributed by atoms with E-state index in [4.69, 9.17) is 9.84 Å². The molecule has 0 aliphatic carbocycles. The molecular weight excluding hydrogens is 358 g/mol. The Morgan fingerprint density at radius 1 is 1.00 bits per heavy atom. The number of carbonyl (C=O) groups excluding carboxylic acids is 1. The first-order chi connectivity index (χ1) is 13.5. The number of aromatic hydroxyl groups is 1. The minimum atomic E-state index is -1.11. The molecule has 2 aromatic carbocycles. The molecule has 0 aliphatic rings. The van der Waals surface area contributed by atoms with Gasteiger partial charge in [0.2, 0.25) is 5.88 Å². The van der Waals surface area contributed by atoms with Gasteiger partial charge in [0.25, 0.3) is 0 Å². The van der Waals surface area contributed by atoms with Crippen LogP contribution >= 0.6 is 0 Å². The molecule has 2 N–H and O–H groups in total. The molecule has 0 amide bonds. The van der Waals surface area contributed by atoms with Gasteiger partial charge in [0, 0.05) is 23.4 Å². The van der Waals surface area contributed by atoms with E-state index in [1.807, 2.05) is 30.3 Å². The molecule has 0 radical (unpaired) electrons. The smallest absolute Gasteiger partial charge is 0.335 e. The minimum absolute atomic E-state index is 0.0199. The Morgan fingerprint density at radius 2 is 1.75 bits per heavy atom. The number of aromatic nitrogens is 1. The maximum Gasteiger partial charge on any atom is 0.335 e. The zero-order chi connectivity index (χ0) is 19.9. The first-order valence-corrected chi connectivity index (χ1v) is 8.44. The number of carbonyl (C=O) groups is 2. The van der Waals surface area contributed by atoms with Crippen LogP contribution in [0, 0.1) is 0 Å². The molecule has 0 atom stereocenters. The summed E-state index contributed by atoms with van der Waals surface area (Å²) in [4.78, 5) is 27.4. The number of nitrogens with zero attached hydrogens (tertiary/aromatic N) is 1. The molecule has 0 saturated heterocycles. The van der Waals surface area contributed by atoms with Gasteiger partial charge in [-0.1, -0.05) is 30.3 Å². The summed E-state index contributed by atoms with van der Waals surface area (Å²) in [7, 11) is 0. The van der Waals surface area contributed by atoms with Crippen molar-refractivity contribution in [1.82, 2.24) is 4.98 Å². The van der Waals surface area contributed by atoms with Crippen molar-refractivity contribution in [3.05, 3.63) is 95.2 Å². The van der Waals surface area contributed by atoms with Crippen LogP contribution in [0.15, 0.2) is 72.9 Å². The number of carboxylic acid groups (broad SMARTS) is 1. The summed E-state index contributed by atoms with van der Waals surface area (Å²) in [6.45, 7) is 0.375. The standard InChI is InChI=1S/C22H17NO5/c24-19-10-7-17(22(26)27)12-16(19)6-9-20(25)18-8-11-21(23-13-18)28-14-15-4-2-1-3-5-15/h1-13,24H,14H2,(H,26,27)/b9-6+. The van der Waals surface area contributed by atoms with Gasteiger partial charge in [-0.2, -0.15) is 0 Å². The number of ether oxygens (including phenoxy) is 1. The van der Waals surface area contributed by atoms with E-state index in [-0.39, 0.29) is 22.7 Å². The highest BCUT2D eigenvalue weighted by atomic mass is 16.5. The summed E-state index contributed by atoms with van der Waals surface area (Å²) >= 11 is 0. The number of carboxylic acids is 1. The van der Waals surface area contributed by atoms with Gasteiger partial charge in [0.1, 0.15) is 12.4 Å². The van der Waals surface area contributed by atoms with Crippen molar-refractivity contribution >= 4 is 17.8 Å². The average molecular weight is 375 g/mol. The SMILES string of the molecule is O=C(O)c1ccc(O)c(/C=C/C(=O)c2ccc(OCc3ccccc3)nc2)c1. The molecule has 140 valence electrons. The molecule has 1 aromatic heterocycles. The predicted octanol–water partition coefficient (Wildman–Crippen LogP) is 3.96. The number of rotatable bonds is 7. The van der Waals surface area contributed by atoms with Gasteiger partial charge in [-0.15, -0.1) is 0 Å². The predicted molar refractivity (Wildman–Crippen MR) is 103 cm³/mol. The largest absolute Gasteiger partial charge is 0.507 e. The summed E-state index contributed by atoms with van der Waals surface area (Å²) in [6.07, 6.45) is 4.02. The third-order valence-corrected chi connectivity index (χ3v) is 3.94. The molecule has 3 rings (SSSR count). The van der Waals surface area contributed by atoms with E-state index in [2.05, 4.69) is 4.98 Å².